The van der Waals surface area contributed by atoms with Crippen molar-refractivity contribution in [2.24, 2.45) is 0 Å². The largest absolute Gasteiger partial charge is 0.525 e. The lowest BCUT2D eigenvalue weighted by Gasteiger charge is -2.40. The smallest absolute Gasteiger partial charge is 0.442 e. The molecule has 3 heterocycles. The summed E-state index contributed by atoms with van der Waals surface area (Å²) in [6, 6.07) is 7.48. The standard InChI is InChI=1S/C29H29F2N5O6/c1-16(37)32-13-21-15-35(28(39)42-21)19-3-6-24(23(31)11-19)33-18-8-9-34(14-18)27-12-26(38)22-10-17(30)2-7-25(22)36(27,29(40)41)20-4-5-20/h2-3,6-7,10-12,18,20-21,33H,4-5,8-9,13-15H2,1H3,(H-,32,37,40,41)/p+1/t18-,21+,36?/m1/s1. The third-order valence-corrected chi connectivity index (χ3v) is 8.21. The molecule has 2 saturated heterocycles. The molecular weight excluding hydrogens is 552 g/mol. The lowest BCUT2D eigenvalue weighted by atomic mass is 10.00. The van der Waals surface area contributed by atoms with E-state index in [1.54, 1.807) is 6.07 Å². The number of carbonyl (C=O) groups is 4. The van der Waals surface area contributed by atoms with Gasteiger partial charge in [0.15, 0.2) is 11.5 Å². The van der Waals surface area contributed by atoms with Crippen molar-refractivity contribution < 1.29 is 37.8 Å². The summed E-state index contributed by atoms with van der Waals surface area (Å²) in [5, 5.41) is 16.3. The van der Waals surface area contributed by atoms with E-state index in [0.717, 1.165) is 6.07 Å². The van der Waals surface area contributed by atoms with Gasteiger partial charge >= 0.3 is 12.2 Å². The number of ether oxygens (including phenoxy) is 1. The minimum atomic E-state index is -1.14. The number of rotatable bonds is 7. The van der Waals surface area contributed by atoms with Crippen LogP contribution in [0.5, 0.6) is 0 Å². The van der Waals surface area contributed by atoms with Gasteiger partial charge in [-0.2, -0.15) is 4.79 Å². The van der Waals surface area contributed by atoms with Crippen LogP contribution in [0.3, 0.4) is 0 Å². The molecule has 3 fully saturated rings. The first-order valence-electron chi connectivity index (χ1n) is 13.8. The van der Waals surface area contributed by atoms with Crippen molar-refractivity contribution in [2.75, 3.05) is 36.4 Å². The van der Waals surface area contributed by atoms with Crippen molar-refractivity contribution >= 4 is 40.9 Å². The molecule has 11 nitrogen and oxygen atoms in total. The molecule has 1 aliphatic carbocycles. The van der Waals surface area contributed by atoms with E-state index in [1.165, 1.54) is 42.2 Å². The minimum absolute atomic E-state index is 0.0485. The van der Waals surface area contributed by atoms with Gasteiger partial charge < -0.3 is 25.4 Å². The number of allylic oxidation sites excluding steroid dienone is 1. The van der Waals surface area contributed by atoms with Crippen molar-refractivity contribution in [3.05, 3.63) is 65.5 Å². The molecule has 1 saturated carbocycles. The summed E-state index contributed by atoms with van der Waals surface area (Å²) in [5.41, 5.74) is 0.832. The van der Waals surface area contributed by atoms with E-state index in [9.17, 15) is 28.7 Å². The van der Waals surface area contributed by atoms with Gasteiger partial charge in [-0.3, -0.25) is 14.5 Å². The number of quaternary nitrogens is 1. The summed E-state index contributed by atoms with van der Waals surface area (Å²) >= 11 is 0. The number of nitrogens with zero attached hydrogens (tertiary/aromatic N) is 3. The molecule has 4 aliphatic rings. The maximum atomic E-state index is 15.2. The Balaban J connectivity index is 1.18. The van der Waals surface area contributed by atoms with Crippen LogP contribution in [-0.2, 0) is 9.53 Å². The summed E-state index contributed by atoms with van der Waals surface area (Å²) in [4.78, 5) is 52.6. The second-order valence-corrected chi connectivity index (χ2v) is 11.1. The van der Waals surface area contributed by atoms with Crippen LogP contribution in [0.15, 0.2) is 48.3 Å². The van der Waals surface area contributed by atoms with Crippen LogP contribution in [0.2, 0.25) is 0 Å². The number of benzene rings is 2. The van der Waals surface area contributed by atoms with Gasteiger partial charge in [0, 0.05) is 45.0 Å². The van der Waals surface area contributed by atoms with E-state index in [-0.39, 0.29) is 48.0 Å². The predicted octanol–water partition coefficient (Wildman–Crippen LogP) is 3.80. The second-order valence-electron chi connectivity index (χ2n) is 11.1. The fourth-order valence-electron chi connectivity index (χ4n) is 6.14. The van der Waals surface area contributed by atoms with E-state index in [0.29, 0.717) is 43.9 Å². The first-order chi connectivity index (χ1) is 20.1. The van der Waals surface area contributed by atoms with Gasteiger partial charge in [-0.25, -0.2) is 13.6 Å². The number of likely N-dealkylation sites (tertiary alicyclic amines) is 1. The monoisotopic (exact) mass is 582 g/mol. The van der Waals surface area contributed by atoms with Gasteiger partial charge in [-0.05, 0) is 36.8 Å². The van der Waals surface area contributed by atoms with Crippen LogP contribution in [0, 0.1) is 11.6 Å². The SMILES string of the molecule is CC(=O)NC[C@H]1CN(c2ccc(N[C@@H]3CCN(C4=CC(=O)c5cc(F)ccc5[N+]4(C(=O)O)C4CC4)C3)c(F)c2)C(=O)O1. The number of ketones is 1. The molecule has 2 aromatic rings. The van der Waals surface area contributed by atoms with E-state index in [1.807, 2.05) is 4.90 Å². The van der Waals surface area contributed by atoms with Gasteiger partial charge in [-0.1, -0.05) is 0 Å². The number of hydrogen-bond donors (Lipinski definition) is 3. The molecule has 0 bridgehead atoms. The average molecular weight is 583 g/mol. The number of carboxylic acid groups (broad SMARTS) is 1. The summed E-state index contributed by atoms with van der Waals surface area (Å²) in [6.45, 7) is 2.44. The van der Waals surface area contributed by atoms with Crippen LogP contribution in [-0.4, -0.2) is 78.3 Å². The zero-order valence-corrected chi connectivity index (χ0v) is 22.8. The number of cyclic esters (lactones) is 1. The molecule has 3 amide bonds. The normalized spacial score (nSPS) is 25.2. The molecule has 2 aromatic carbocycles. The number of hydrogen-bond acceptors (Lipinski definition) is 7. The van der Waals surface area contributed by atoms with E-state index in [2.05, 4.69) is 10.6 Å². The molecular formula is C29H30F2N5O6+. The maximum Gasteiger partial charge on any atom is 0.525 e. The van der Waals surface area contributed by atoms with E-state index < -0.39 is 40.2 Å². The molecule has 1 unspecified atom stereocenters. The fourth-order valence-corrected chi connectivity index (χ4v) is 6.14. The quantitative estimate of drug-likeness (QED) is 0.421. The first-order valence-corrected chi connectivity index (χ1v) is 13.8. The number of nitrogens with one attached hydrogen (secondary N) is 2. The predicted molar refractivity (Wildman–Crippen MR) is 148 cm³/mol. The Labute approximate surface area is 239 Å². The molecule has 3 N–H and O–H groups in total. The zero-order valence-electron chi connectivity index (χ0n) is 22.8. The Morgan fingerprint density at radius 3 is 2.57 bits per heavy atom. The highest BCUT2D eigenvalue weighted by atomic mass is 19.1. The van der Waals surface area contributed by atoms with Crippen LogP contribution in [0.4, 0.5) is 35.4 Å². The van der Waals surface area contributed by atoms with Crippen molar-refractivity contribution in [1.82, 2.24) is 14.7 Å². The fraction of sp³-hybridized carbons (Fsp3) is 0.379. The molecule has 13 heteroatoms. The van der Waals surface area contributed by atoms with Gasteiger partial charge in [0.05, 0.1) is 36.1 Å². The minimum Gasteiger partial charge on any atom is -0.442 e. The van der Waals surface area contributed by atoms with Gasteiger partial charge in [0.1, 0.15) is 23.8 Å². The number of anilines is 2. The number of fused-ring (bicyclic) bond motifs is 1. The average Bonchev–Trinajstić information content (AvgIpc) is 3.57. The topological polar surface area (TPSA) is 128 Å². The first kappa shape index (κ1) is 27.6. The summed E-state index contributed by atoms with van der Waals surface area (Å²) in [7, 11) is 0. The van der Waals surface area contributed by atoms with Crippen molar-refractivity contribution in [3.63, 3.8) is 0 Å². The van der Waals surface area contributed by atoms with Crippen molar-refractivity contribution in [2.45, 2.75) is 44.4 Å². The van der Waals surface area contributed by atoms with Crippen LogP contribution < -0.4 is 20.0 Å². The molecule has 3 atom stereocenters. The maximum absolute atomic E-state index is 15.2. The van der Waals surface area contributed by atoms with E-state index >= 15 is 4.39 Å². The van der Waals surface area contributed by atoms with Crippen molar-refractivity contribution in [1.29, 1.82) is 0 Å². The van der Waals surface area contributed by atoms with Crippen LogP contribution in [0.25, 0.3) is 0 Å². The second kappa shape index (κ2) is 10.4. The molecule has 0 radical (unpaired) electrons. The van der Waals surface area contributed by atoms with Crippen LogP contribution in [0.1, 0.15) is 36.5 Å². The third kappa shape index (κ3) is 4.73. The molecule has 0 aromatic heterocycles. The number of halogens is 2. The Morgan fingerprint density at radius 1 is 1.10 bits per heavy atom. The summed E-state index contributed by atoms with van der Waals surface area (Å²) in [6.07, 6.45) is 0.844. The summed E-state index contributed by atoms with van der Waals surface area (Å²) in [5.74, 6) is -1.56. The highest BCUT2D eigenvalue weighted by Gasteiger charge is 2.61. The van der Waals surface area contributed by atoms with Gasteiger partial charge in [0.2, 0.25) is 11.7 Å². The zero-order chi connectivity index (χ0) is 29.8. The van der Waals surface area contributed by atoms with Crippen molar-refractivity contribution in [3.8, 4) is 0 Å². The number of amides is 3. The Kier molecular flexibility index (Phi) is 6.84. The molecule has 6 rings (SSSR count). The molecule has 0 spiro atoms. The lowest BCUT2D eigenvalue weighted by Crippen LogP contribution is -2.60. The Hall–Kier alpha value is -4.52. The highest BCUT2D eigenvalue weighted by molar-refractivity contribution is 6.13. The molecule has 42 heavy (non-hydrogen) atoms. The van der Waals surface area contributed by atoms with Gasteiger partial charge in [0.25, 0.3) is 0 Å². The van der Waals surface area contributed by atoms with Crippen LogP contribution >= 0.6 is 0 Å². The molecule has 3 aliphatic heterocycles. The Bertz CT molecular complexity index is 1530. The van der Waals surface area contributed by atoms with E-state index in [4.69, 9.17) is 4.74 Å². The third-order valence-electron chi connectivity index (χ3n) is 8.21. The lowest BCUT2D eigenvalue weighted by molar-refractivity contribution is -0.119. The summed E-state index contributed by atoms with van der Waals surface area (Å²) < 4.78 is 33.9. The van der Waals surface area contributed by atoms with Gasteiger partial charge in [-0.15, -0.1) is 4.48 Å². The molecule has 220 valence electrons. The number of carbonyl (C=O) groups excluding carboxylic acids is 3. The highest BCUT2D eigenvalue weighted by Crippen LogP contribution is 2.48. The Morgan fingerprint density at radius 2 is 1.88 bits per heavy atom.